The molecular formula is C15H25N4O2S+. The van der Waals surface area contributed by atoms with Gasteiger partial charge in [-0.3, -0.25) is 19.5 Å². The number of hydrogen-bond donors (Lipinski definition) is 2. The summed E-state index contributed by atoms with van der Waals surface area (Å²) in [6.07, 6.45) is 4.36. The van der Waals surface area contributed by atoms with Gasteiger partial charge < -0.3 is 10.2 Å². The number of nitrogens with zero attached hydrogens (tertiary/aromatic N) is 2. The Morgan fingerprint density at radius 1 is 1.36 bits per heavy atom. The first-order valence-corrected chi connectivity index (χ1v) is 8.50. The van der Waals surface area contributed by atoms with Gasteiger partial charge in [-0.25, -0.2) is 0 Å². The highest BCUT2D eigenvalue weighted by Crippen LogP contribution is 2.29. The Balaban J connectivity index is 1.85. The summed E-state index contributed by atoms with van der Waals surface area (Å²) in [5.41, 5.74) is 0. The van der Waals surface area contributed by atoms with Crippen LogP contribution in [0.4, 0.5) is 0 Å². The van der Waals surface area contributed by atoms with Crippen molar-refractivity contribution in [3.05, 3.63) is 0 Å². The maximum atomic E-state index is 12.4. The van der Waals surface area contributed by atoms with E-state index in [1.807, 2.05) is 0 Å². The highest BCUT2D eigenvalue weighted by Gasteiger charge is 2.44. The molecular weight excluding hydrogens is 300 g/mol. The Morgan fingerprint density at radius 3 is 2.64 bits per heavy atom. The second-order valence-corrected chi connectivity index (χ2v) is 6.21. The van der Waals surface area contributed by atoms with Crippen molar-refractivity contribution >= 4 is 35.4 Å². The predicted molar refractivity (Wildman–Crippen MR) is 89.0 cm³/mol. The highest BCUT2D eigenvalue weighted by atomic mass is 32.1. The van der Waals surface area contributed by atoms with E-state index in [-0.39, 0.29) is 23.0 Å². The Hall–Kier alpha value is -1.34. The molecule has 0 aromatic carbocycles. The second-order valence-electron chi connectivity index (χ2n) is 5.83. The predicted octanol–water partition coefficient (Wildman–Crippen LogP) is -0.606. The van der Waals surface area contributed by atoms with Crippen LogP contribution in [0.15, 0.2) is 4.99 Å². The van der Waals surface area contributed by atoms with Gasteiger partial charge in [0.2, 0.25) is 11.8 Å². The normalized spacial score (nSPS) is 22.8. The van der Waals surface area contributed by atoms with Gasteiger partial charge in [-0.15, -0.1) is 0 Å². The third-order valence-corrected chi connectivity index (χ3v) is 4.52. The maximum absolute atomic E-state index is 12.4. The standard InChI is InChI=1S/C15H24N4O2S/c1-3-18(4-2)9-5-8-16-10-12-13(20)17-15(22)19(14(12)21)11-6-7-11/h10-12H,3-9H2,1-2H3,(H,17,20,22)/p+1. The van der Waals surface area contributed by atoms with Gasteiger partial charge in [0.05, 0.1) is 19.6 Å². The Bertz CT molecular complexity index is 472. The SMILES string of the molecule is CC[NH+](CC)CCCN=CC1C(=O)NC(=S)N(C2CC2)C1=O. The van der Waals surface area contributed by atoms with E-state index in [1.54, 1.807) is 4.90 Å². The number of quaternary nitrogens is 1. The molecule has 1 aliphatic heterocycles. The molecule has 2 rings (SSSR count). The molecule has 1 atom stereocenters. The molecule has 2 fully saturated rings. The van der Waals surface area contributed by atoms with E-state index in [0.29, 0.717) is 6.54 Å². The average Bonchev–Trinajstić information content (AvgIpc) is 3.30. The summed E-state index contributed by atoms with van der Waals surface area (Å²) in [6.45, 7) is 8.27. The molecule has 0 bridgehead atoms. The third-order valence-electron chi connectivity index (χ3n) is 4.22. The number of carbonyl (C=O) groups is 2. The molecule has 1 saturated carbocycles. The molecule has 122 valence electrons. The van der Waals surface area contributed by atoms with Crippen molar-refractivity contribution in [2.24, 2.45) is 10.9 Å². The summed E-state index contributed by atoms with van der Waals surface area (Å²) in [5, 5.41) is 2.85. The van der Waals surface area contributed by atoms with Crippen LogP contribution in [0.5, 0.6) is 0 Å². The van der Waals surface area contributed by atoms with E-state index in [9.17, 15) is 9.59 Å². The lowest BCUT2D eigenvalue weighted by molar-refractivity contribution is -0.896. The van der Waals surface area contributed by atoms with Crippen molar-refractivity contribution in [2.45, 2.75) is 39.2 Å². The topological polar surface area (TPSA) is 66.2 Å². The van der Waals surface area contributed by atoms with Crippen LogP contribution in [0.2, 0.25) is 0 Å². The van der Waals surface area contributed by atoms with Crippen LogP contribution >= 0.6 is 12.2 Å². The van der Waals surface area contributed by atoms with E-state index in [4.69, 9.17) is 12.2 Å². The summed E-state index contributed by atoms with van der Waals surface area (Å²) in [6, 6.07) is 0.169. The van der Waals surface area contributed by atoms with E-state index in [1.165, 1.54) is 11.1 Å². The van der Waals surface area contributed by atoms with Crippen molar-refractivity contribution in [1.82, 2.24) is 10.2 Å². The number of rotatable bonds is 8. The molecule has 0 radical (unpaired) electrons. The summed E-state index contributed by atoms with van der Waals surface area (Å²) >= 11 is 5.09. The zero-order chi connectivity index (χ0) is 16.1. The van der Waals surface area contributed by atoms with Crippen LogP contribution in [-0.2, 0) is 9.59 Å². The lowest BCUT2D eigenvalue weighted by atomic mass is 10.1. The number of hydrogen-bond acceptors (Lipinski definition) is 4. The maximum Gasteiger partial charge on any atom is 0.247 e. The van der Waals surface area contributed by atoms with Crippen molar-refractivity contribution in [1.29, 1.82) is 0 Å². The molecule has 0 spiro atoms. The Morgan fingerprint density at radius 2 is 2.05 bits per heavy atom. The van der Waals surface area contributed by atoms with E-state index in [2.05, 4.69) is 24.2 Å². The minimum Gasteiger partial charge on any atom is -0.335 e. The van der Waals surface area contributed by atoms with E-state index >= 15 is 0 Å². The second kappa shape index (κ2) is 7.78. The number of carbonyl (C=O) groups excluding carboxylic acids is 2. The molecule has 6 nitrogen and oxygen atoms in total. The third kappa shape index (κ3) is 4.10. The zero-order valence-electron chi connectivity index (χ0n) is 13.3. The quantitative estimate of drug-likeness (QED) is 0.271. The first-order chi connectivity index (χ1) is 10.6. The molecule has 1 unspecified atom stereocenters. The summed E-state index contributed by atoms with van der Waals surface area (Å²) in [5.74, 6) is -1.41. The Kier molecular flexibility index (Phi) is 6.02. The average molecular weight is 325 g/mol. The van der Waals surface area contributed by atoms with Gasteiger partial charge in [0, 0.05) is 25.2 Å². The minimum atomic E-state index is -0.826. The largest absolute Gasteiger partial charge is 0.335 e. The van der Waals surface area contributed by atoms with Crippen LogP contribution in [0, 0.1) is 5.92 Å². The van der Waals surface area contributed by atoms with Gasteiger partial charge in [0.1, 0.15) is 0 Å². The molecule has 2 amide bonds. The van der Waals surface area contributed by atoms with Gasteiger partial charge in [0.25, 0.3) is 0 Å². The van der Waals surface area contributed by atoms with E-state index in [0.717, 1.165) is 38.9 Å². The van der Waals surface area contributed by atoms with Crippen molar-refractivity contribution < 1.29 is 14.5 Å². The molecule has 2 aliphatic rings. The molecule has 1 saturated heterocycles. The van der Waals surface area contributed by atoms with Gasteiger partial charge >= 0.3 is 0 Å². The van der Waals surface area contributed by atoms with Crippen molar-refractivity contribution in [3.8, 4) is 0 Å². The van der Waals surface area contributed by atoms with Crippen molar-refractivity contribution in [3.63, 3.8) is 0 Å². The van der Waals surface area contributed by atoms with Crippen molar-refractivity contribution in [2.75, 3.05) is 26.2 Å². The lowest BCUT2D eigenvalue weighted by Gasteiger charge is -2.30. The van der Waals surface area contributed by atoms with Gasteiger partial charge in [-0.05, 0) is 38.9 Å². The van der Waals surface area contributed by atoms with Gasteiger partial charge in [-0.1, -0.05) is 0 Å². The van der Waals surface area contributed by atoms with Gasteiger partial charge in [-0.2, -0.15) is 0 Å². The van der Waals surface area contributed by atoms with E-state index < -0.39 is 5.92 Å². The van der Waals surface area contributed by atoms with Gasteiger partial charge in [0.15, 0.2) is 11.0 Å². The van der Waals surface area contributed by atoms with Crippen LogP contribution in [0.3, 0.4) is 0 Å². The smallest absolute Gasteiger partial charge is 0.247 e. The fraction of sp³-hybridized carbons (Fsp3) is 0.733. The van der Waals surface area contributed by atoms with Crippen LogP contribution in [0.25, 0.3) is 0 Å². The highest BCUT2D eigenvalue weighted by molar-refractivity contribution is 7.80. The van der Waals surface area contributed by atoms with Crippen LogP contribution in [-0.4, -0.2) is 60.3 Å². The monoisotopic (exact) mass is 325 g/mol. The molecule has 2 N–H and O–H groups in total. The first-order valence-electron chi connectivity index (χ1n) is 8.09. The lowest BCUT2D eigenvalue weighted by Crippen LogP contribution is -3.11. The molecule has 1 aliphatic carbocycles. The van der Waals surface area contributed by atoms with Crippen LogP contribution in [0.1, 0.15) is 33.1 Å². The summed E-state index contributed by atoms with van der Waals surface area (Å²) in [4.78, 5) is 31.7. The molecule has 7 heteroatoms. The zero-order valence-corrected chi connectivity index (χ0v) is 14.1. The number of nitrogens with one attached hydrogen (secondary N) is 2. The summed E-state index contributed by atoms with van der Waals surface area (Å²) < 4.78 is 0. The fourth-order valence-electron chi connectivity index (χ4n) is 2.62. The van der Waals surface area contributed by atoms with Crippen LogP contribution < -0.4 is 10.2 Å². The minimum absolute atomic E-state index is 0.169. The summed E-state index contributed by atoms with van der Waals surface area (Å²) in [7, 11) is 0. The number of amides is 2. The number of aliphatic imine (C=N–C) groups is 1. The molecule has 0 aromatic rings. The molecule has 0 aromatic heterocycles. The molecule has 22 heavy (non-hydrogen) atoms. The fourth-order valence-corrected chi connectivity index (χ4v) is 2.96. The number of thiocarbonyl (C=S) groups is 1. The first kappa shape index (κ1) is 17.0. The Labute approximate surface area is 136 Å². The molecule has 1 heterocycles.